The maximum absolute atomic E-state index is 9.01. The van der Waals surface area contributed by atoms with Crippen molar-refractivity contribution in [2.24, 2.45) is 0 Å². The first kappa shape index (κ1) is 13.6. The van der Waals surface area contributed by atoms with E-state index in [1.54, 1.807) is 0 Å². The highest BCUT2D eigenvalue weighted by Gasteiger charge is 2.12. The maximum atomic E-state index is 9.01. The van der Waals surface area contributed by atoms with Crippen molar-refractivity contribution >= 4 is 21.8 Å². The van der Waals surface area contributed by atoms with E-state index in [4.69, 9.17) is 5.26 Å². The van der Waals surface area contributed by atoms with E-state index in [9.17, 15) is 0 Å². The Morgan fingerprint density at radius 1 is 0.739 bits per heavy atom. The molecule has 2 nitrogen and oxygen atoms in total. The van der Waals surface area contributed by atoms with E-state index in [2.05, 4.69) is 60.9 Å². The lowest BCUT2D eigenvalue weighted by atomic mass is 10.1. The molecule has 0 saturated carbocycles. The van der Waals surface area contributed by atoms with Gasteiger partial charge in [-0.15, -0.1) is 0 Å². The van der Waals surface area contributed by atoms with E-state index in [0.717, 1.165) is 5.69 Å². The van der Waals surface area contributed by atoms with Gasteiger partial charge < -0.3 is 4.57 Å². The Morgan fingerprint density at radius 3 is 1.74 bits per heavy atom. The average Bonchev–Trinajstić information content (AvgIpc) is 2.88. The minimum absolute atomic E-state index is 0.682. The summed E-state index contributed by atoms with van der Waals surface area (Å²) in [4.78, 5) is 0. The Balaban J connectivity index is 2.13. The van der Waals surface area contributed by atoms with Gasteiger partial charge in [0.15, 0.2) is 0 Å². The van der Waals surface area contributed by atoms with Gasteiger partial charge in [-0.25, -0.2) is 0 Å². The first-order chi connectivity index (χ1) is 11.2. The Kier molecular flexibility index (Phi) is 2.96. The van der Waals surface area contributed by atoms with Crippen LogP contribution in [-0.2, 0) is 0 Å². The maximum Gasteiger partial charge on any atom is 0.0991 e. The summed E-state index contributed by atoms with van der Waals surface area (Å²) in [5.74, 6) is 0. The molecule has 0 atom stereocenters. The number of hydrogen-bond acceptors (Lipinski definition) is 1. The fourth-order valence-corrected chi connectivity index (χ4v) is 3.21. The number of aryl methyl sites for hydroxylation is 2. The van der Waals surface area contributed by atoms with Crippen LogP contribution in [0.5, 0.6) is 0 Å². The molecule has 3 aromatic carbocycles. The molecular formula is C21H16N2. The number of benzene rings is 3. The van der Waals surface area contributed by atoms with Crippen LogP contribution in [0.4, 0.5) is 0 Å². The molecule has 2 heteroatoms. The lowest BCUT2D eigenvalue weighted by Crippen LogP contribution is -1.93. The molecule has 1 heterocycles. The Morgan fingerprint density at radius 2 is 1.26 bits per heavy atom. The van der Waals surface area contributed by atoms with E-state index >= 15 is 0 Å². The van der Waals surface area contributed by atoms with Crippen molar-refractivity contribution in [2.75, 3.05) is 0 Å². The lowest BCUT2D eigenvalue weighted by Gasteiger charge is -2.08. The van der Waals surface area contributed by atoms with Gasteiger partial charge >= 0.3 is 0 Å². The zero-order valence-corrected chi connectivity index (χ0v) is 13.2. The number of fused-ring (bicyclic) bond motifs is 3. The van der Waals surface area contributed by atoms with Crippen LogP contribution >= 0.6 is 0 Å². The summed E-state index contributed by atoms with van der Waals surface area (Å²) in [6.07, 6.45) is 0. The van der Waals surface area contributed by atoms with Crippen molar-refractivity contribution in [2.45, 2.75) is 13.8 Å². The minimum atomic E-state index is 0.682. The topological polar surface area (TPSA) is 28.7 Å². The van der Waals surface area contributed by atoms with E-state index in [-0.39, 0.29) is 0 Å². The molecule has 0 unspecified atom stereocenters. The van der Waals surface area contributed by atoms with E-state index in [0.29, 0.717) is 5.56 Å². The van der Waals surface area contributed by atoms with Crippen LogP contribution in [-0.4, -0.2) is 4.57 Å². The lowest BCUT2D eigenvalue weighted by molar-refractivity contribution is 1.18. The van der Waals surface area contributed by atoms with Gasteiger partial charge in [-0.3, -0.25) is 0 Å². The second-order valence-corrected chi connectivity index (χ2v) is 6.04. The molecular weight excluding hydrogens is 280 g/mol. The molecule has 0 bridgehead atoms. The second kappa shape index (κ2) is 5.00. The molecule has 0 aliphatic heterocycles. The first-order valence-electron chi connectivity index (χ1n) is 7.69. The minimum Gasteiger partial charge on any atom is -0.309 e. The van der Waals surface area contributed by atoms with Crippen molar-refractivity contribution in [1.82, 2.24) is 4.57 Å². The predicted molar refractivity (Wildman–Crippen MR) is 95.0 cm³/mol. The molecule has 0 fully saturated rings. The summed E-state index contributed by atoms with van der Waals surface area (Å²) in [6, 6.07) is 23.1. The standard InChI is InChI=1S/C21H16N2/c1-14-3-9-20-18(11-14)19-12-15(2)4-10-21(19)23(20)17-7-5-16(13-22)6-8-17/h3-12H,1-2H3. The molecule has 4 rings (SSSR count). The normalized spacial score (nSPS) is 11.0. The van der Waals surface area contributed by atoms with Crippen molar-refractivity contribution in [3.05, 3.63) is 77.4 Å². The zero-order valence-electron chi connectivity index (χ0n) is 13.2. The smallest absolute Gasteiger partial charge is 0.0991 e. The van der Waals surface area contributed by atoms with E-state index in [1.165, 1.54) is 32.9 Å². The molecule has 0 spiro atoms. The number of nitrogens with zero attached hydrogens (tertiary/aromatic N) is 2. The number of rotatable bonds is 1. The molecule has 23 heavy (non-hydrogen) atoms. The van der Waals surface area contributed by atoms with Crippen LogP contribution in [0.25, 0.3) is 27.5 Å². The second-order valence-electron chi connectivity index (χ2n) is 6.04. The van der Waals surface area contributed by atoms with Gasteiger partial charge in [0.05, 0.1) is 22.7 Å². The Hall–Kier alpha value is -3.05. The number of aromatic nitrogens is 1. The summed E-state index contributed by atoms with van der Waals surface area (Å²) < 4.78 is 2.27. The van der Waals surface area contributed by atoms with Crippen LogP contribution in [0.3, 0.4) is 0 Å². The molecule has 110 valence electrons. The van der Waals surface area contributed by atoms with Crippen molar-refractivity contribution in [3.8, 4) is 11.8 Å². The third kappa shape index (κ3) is 2.10. The number of nitriles is 1. The predicted octanol–water partition coefficient (Wildman–Crippen LogP) is 5.27. The fourth-order valence-electron chi connectivity index (χ4n) is 3.21. The van der Waals surface area contributed by atoms with Gasteiger partial charge in [-0.1, -0.05) is 23.3 Å². The highest BCUT2D eigenvalue weighted by molar-refractivity contribution is 6.09. The quantitative estimate of drug-likeness (QED) is 0.470. The summed E-state index contributed by atoms with van der Waals surface area (Å²) in [5, 5.41) is 11.5. The molecule has 0 amide bonds. The van der Waals surface area contributed by atoms with Gasteiger partial charge in [0.1, 0.15) is 0 Å². The van der Waals surface area contributed by atoms with E-state index < -0.39 is 0 Å². The van der Waals surface area contributed by atoms with Crippen molar-refractivity contribution in [1.29, 1.82) is 5.26 Å². The van der Waals surface area contributed by atoms with E-state index in [1.807, 2.05) is 24.3 Å². The first-order valence-corrected chi connectivity index (χ1v) is 7.69. The molecule has 1 aromatic heterocycles. The van der Waals surface area contributed by atoms with Crippen LogP contribution in [0.1, 0.15) is 16.7 Å². The Bertz CT molecular complexity index is 1020. The van der Waals surface area contributed by atoms with Crippen molar-refractivity contribution < 1.29 is 0 Å². The van der Waals surface area contributed by atoms with Gasteiger partial charge in [0.2, 0.25) is 0 Å². The third-order valence-corrected chi connectivity index (χ3v) is 4.33. The van der Waals surface area contributed by atoms with Crippen LogP contribution < -0.4 is 0 Å². The molecule has 0 radical (unpaired) electrons. The summed E-state index contributed by atoms with van der Waals surface area (Å²) in [5.41, 5.74) is 6.68. The van der Waals surface area contributed by atoms with Gasteiger partial charge in [-0.2, -0.15) is 5.26 Å². The van der Waals surface area contributed by atoms with Crippen LogP contribution in [0.2, 0.25) is 0 Å². The van der Waals surface area contributed by atoms with Gasteiger partial charge in [-0.05, 0) is 62.4 Å². The monoisotopic (exact) mass is 296 g/mol. The average molecular weight is 296 g/mol. The molecule has 0 saturated heterocycles. The Labute approximate surface area is 135 Å². The largest absolute Gasteiger partial charge is 0.309 e. The SMILES string of the molecule is Cc1ccc2c(c1)c1cc(C)ccc1n2-c1ccc(C#N)cc1. The third-order valence-electron chi connectivity index (χ3n) is 4.33. The number of hydrogen-bond donors (Lipinski definition) is 0. The molecule has 0 N–H and O–H groups in total. The summed E-state index contributed by atoms with van der Waals surface area (Å²) >= 11 is 0. The zero-order chi connectivity index (χ0) is 16.0. The van der Waals surface area contributed by atoms with Crippen molar-refractivity contribution in [3.63, 3.8) is 0 Å². The molecule has 4 aromatic rings. The van der Waals surface area contributed by atoms with Crippen LogP contribution in [0, 0.1) is 25.2 Å². The molecule has 0 aliphatic rings. The van der Waals surface area contributed by atoms with Gasteiger partial charge in [0, 0.05) is 16.5 Å². The van der Waals surface area contributed by atoms with Crippen LogP contribution in [0.15, 0.2) is 60.7 Å². The highest BCUT2D eigenvalue weighted by atomic mass is 15.0. The fraction of sp³-hybridized carbons (Fsp3) is 0.0952. The molecule has 0 aliphatic carbocycles. The highest BCUT2D eigenvalue weighted by Crippen LogP contribution is 2.33. The van der Waals surface area contributed by atoms with Gasteiger partial charge in [0.25, 0.3) is 0 Å². The summed E-state index contributed by atoms with van der Waals surface area (Å²) in [6.45, 7) is 4.25. The summed E-state index contributed by atoms with van der Waals surface area (Å²) in [7, 11) is 0.